The van der Waals surface area contributed by atoms with Gasteiger partial charge in [-0.3, -0.25) is 0 Å². The second kappa shape index (κ2) is 9.05. The van der Waals surface area contributed by atoms with Gasteiger partial charge in [-0.05, 0) is 35.6 Å². The molecule has 0 aliphatic heterocycles. The van der Waals surface area contributed by atoms with Gasteiger partial charge in [-0.2, -0.15) is 13.3 Å². The molecule has 142 valence electrons. The topological polar surface area (TPSA) is 48.2 Å². The summed E-state index contributed by atoms with van der Waals surface area (Å²) in [6, 6.07) is 20.1. The van der Waals surface area contributed by atoms with Crippen molar-refractivity contribution in [3.8, 4) is 5.75 Å². The molecule has 0 amide bonds. The number of alkyl halides is 2. The number of para-hydroxylation sites is 1. The third-order valence-corrected chi connectivity index (χ3v) is 4.07. The maximum atomic E-state index is 13.1. The smallest absolute Gasteiger partial charge is 0.387 e. The van der Waals surface area contributed by atoms with Gasteiger partial charge >= 0.3 is 6.61 Å². The van der Waals surface area contributed by atoms with E-state index < -0.39 is 6.61 Å². The molecule has 3 aromatic rings. The predicted octanol–water partition coefficient (Wildman–Crippen LogP) is 3.70. The van der Waals surface area contributed by atoms with Crippen LogP contribution in [0, 0.1) is 0 Å². The molecule has 0 unspecified atom stereocenters. The molecule has 0 fully saturated rings. The first-order chi connectivity index (χ1) is 13.5. The number of rotatable bonds is 6. The Morgan fingerprint density at radius 1 is 0.929 bits per heavy atom. The SMILES string of the molecule is [O-]C(=C(C(=S)Nc1ccccc1)[n+]1ccccc1)c1ccc(OC(F)F)cc1. The molecule has 0 saturated heterocycles. The summed E-state index contributed by atoms with van der Waals surface area (Å²) in [6.07, 6.45) is 3.42. The normalized spacial score (nSPS) is 11.7. The van der Waals surface area contributed by atoms with Crippen molar-refractivity contribution in [3.63, 3.8) is 0 Å². The zero-order valence-corrected chi connectivity index (χ0v) is 15.4. The van der Waals surface area contributed by atoms with Crippen molar-refractivity contribution in [3.05, 3.63) is 90.8 Å². The maximum absolute atomic E-state index is 13.1. The molecular formula is C21H16F2N2O2S. The monoisotopic (exact) mass is 398 g/mol. The van der Waals surface area contributed by atoms with Crippen molar-refractivity contribution >= 4 is 34.3 Å². The Balaban J connectivity index is 1.98. The molecule has 1 N–H and O–H groups in total. The number of benzene rings is 2. The number of thiocarbonyl (C=S) groups is 1. The highest BCUT2D eigenvalue weighted by molar-refractivity contribution is 7.81. The molecule has 4 nitrogen and oxygen atoms in total. The van der Waals surface area contributed by atoms with Crippen LogP contribution in [0.15, 0.2) is 85.2 Å². The second-order valence-corrected chi connectivity index (χ2v) is 6.09. The van der Waals surface area contributed by atoms with E-state index in [9.17, 15) is 13.9 Å². The molecule has 0 aliphatic rings. The van der Waals surface area contributed by atoms with Crippen LogP contribution < -0.4 is 19.7 Å². The van der Waals surface area contributed by atoms with Crippen LogP contribution in [-0.4, -0.2) is 11.6 Å². The van der Waals surface area contributed by atoms with E-state index in [1.165, 1.54) is 24.3 Å². The third-order valence-electron chi connectivity index (χ3n) is 3.78. The van der Waals surface area contributed by atoms with Gasteiger partial charge in [0.15, 0.2) is 17.4 Å². The molecule has 2 aromatic carbocycles. The first-order valence-corrected chi connectivity index (χ1v) is 8.75. The molecule has 0 aliphatic carbocycles. The van der Waals surface area contributed by atoms with E-state index >= 15 is 0 Å². The van der Waals surface area contributed by atoms with Crippen LogP contribution in [0.2, 0.25) is 0 Å². The van der Waals surface area contributed by atoms with Gasteiger partial charge in [0.25, 0.3) is 0 Å². The fourth-order valence-electron chi connectivity index (χ4n) is 2.52. The average Bonchev–Trinajstić information content (AvgIpc) is 2.70. The highest BCUT2D eigenvalue weighted by atomic mass is 32.1. The Morgan fingerprint density at radius 3 is 2.14 bits per heavy atom. The summed E-state index contributed by atoms with van der Waals surface area (Å²) in [6.45, 7) is -2.92. The minimum atomic E-state index is -2.92. The van der Waals surface area contributed by atoms with Gasteiger partial charge in [-0.25, -0.2) is 0 Å². The van der Waals surface area contributed by atoms with E-state index in [1.54, 1.807) is 29.1 Å². The van der Waals surface area contributed by atoms with E-state index in [1.807, 2.05) is 36.4 Å². The quantitative estimate of drug-likeness (QED) is 0.298. The summed E-state index contributed by atoms with van der Waals surface area (Å²) >= 11 is 5.48. The van der Waals surface area contributed by atoms with Gasteiger partial charge < -0.3 is 15.2 Å². The first-order valence-electron chi connectivity index (χ1n) is 8.34. The van der Waals surface area contributed by atoms with E-state index in [0.717, 1.165) is 5.69 Å². The van der Waals surface area contributed by atoms with Crippen molar-refractivity contribution in [2.75, 3.05) is 5.32 Å². The van der Waals surface area contributed by atoms with Gasteiger partial charge in [0, 0.05) is 17.8 Å². The van der Waals surface area contributed by atoms with Gasteiger partial charge in [0.2, 0.25) is 5.70 Å². The number of nitrogens with zero attached hydrogens (tertiary/aromatic N) is 1. The van der Waals surface area contributed by atoms with E-state index in [0.29, 0.717) is 5.56 Å². The van der Waals surface area contributed by atoms with Crippen LogP contribution in [0.1, 0.15) is 5.56 Å². The molecular weight excluding hydrogens is 382 g/mol. The van der Waals surface area contributed by atoms with Crippen LogP contribution >= 0.6 is 12.2 Å². The molecule has 1 heterocycles. The predicted molar refractivity (Wildman–Crippen MR) is 105 cm³/mol. The summed E-state index contributed by atoms with van der Waals surface area (Å²) in [5.41, 5.74) is 1.28. The summed E-state index contributed by atoms with van der Waals surface area (Å²) in [5, 5.41) is 16.2. The van der Waals surface area contributed by atoms with Crippen molar-refractivity contribution in [2.24, 2.45) is 0 Å². The van der Waals surface area contributed by atoms with Gasteiger partial charge in [-0.15, -0.1) is 0 Å². The second-order valence-electron chi connectivity index (χ2n) is 5.68. The molecule has 0 bridgehead atoms. The Kier molecular flexibility index (Phi) is 6.29. The van der Waals surface area contributed by atoms with Crippen molar-refractivity contribution in [2.45, 2.75) is 6.61 Å². The van der Waals surface area contributed by atoms with E-state index in [2.05, 4.69) is 10.1 Å². The van der Waals surface area contributed by atoms with Crippen LogP contribution in [0.4, 0.5) is 14.5 Å². The zero-order valence-electron chi connectivity index (χ0n) is 14.6. The van der Waals surface area contributed by atoms with Crippen LogP contribution in [-0.2, 0) is 0 Å². The lowest BCUT2D eigenvalue weighted by molar-refractivity contribution is -0.577. The molecule has 28 heavy (non-hydrogen) atoms. The van der Waals surface area contributed by atoms with Gasteiger partial charge in [0.1, 0.15) is 5.75 Å². The number of nitrogens with one attached hydrogen (secondary N) is 1. The van der Waals surface area contributed by atoms with Crippen molar-refractivity contribution in [1.82, 2.24) is 0 Å². The molecule has 0 saturated carbocycles. The Morgan fingerprint density at radius 2 is 1.54 bits per heavy atom. The van der Waals surface area contributed by atoms with Crippen LogP contribution in [0.5, 0.6) is 5.75 Å². The lowest BCUT2D eigenvalue weighted by atomic mass is 10.1. The lowest BCUT2D eigenvalue weighted by Crippen LogP contribution is -2.39. The average molecular weight is 398 g/mol. The summed E-state index contributed by atoms with van der Waals surface area (Å²) in [4.78, 5) is 0.236. The zero-order chi connectivity index (χ0) is 19.9. The first kappa shape index (κ1) is 19.4. The summed E-state index contributed by atoms with van der Waals surface area (Å²) in [7, 11) is 0. The molecule has 1 aromatic heterocycles. The van der Waals surface area contributed by atoms with Crippen LogP contribution in [0.3, 0.4) is 0 Å². The molecule has 7 heteroatoms. The maximum Gasteiger partial charge on any atom is 0.387 e. The van der Waals surface area contributed by atoms with E-state index in [-0.39, 0.29) is 22.2 Å². The molecule has 0 atom stereocenters. The Bertz CT molecular complexity index is 963. The largest absolute Gasteiger partial charge is 0.867 e. The third kappa shape index (κ3) is 4.89. The van der Waals surface area contributed by atoms with Crippen molar-refractivity contribution < 1.29 is 23.2 Å². The number of aromatic nitrogens is 1. The molecule has 0 radical (unpaired) electrons. The fraction of sp³-hybridized carbons (Fsp3) is 0.0476. The van der Waals surface area contributed by atoms with Gasteiger partial charge in [-0.1, -0.05) is 48.6 Å². The van der Waals surface area contributed by atoms with Crippen LogP contribution in [0.25, 0.3) is 11.5 Å². The molecule has 3 rings (SSSR count). The number of ether oxygens (including phenoxy) is 1. The highest BCUT2D eigenvalue weighted by Gasteiger charge is 2.18. The standard InChI is InChI=1S/C21H16F2N2O2S/c22-21(23)27-17-11-9-15(10-12-17)19(26)18(25-13-5-2-6-14-25)20(28)24-16-7-3-1-4-8-16/h1-14,21H,(H-,24,26,28). The Labute approximate surface area is 166 Å². The minimum absolute atomic E-state index is 0.0227. The number of pyridine rings is 1. The number of anilines is 1. The Hall–Kier alpha value is -3.32. The van der Waals surface area contributed by atoms with Gasteiger partial charge in [0.05, 0.1) is 0 Å². The number of hydrogen-bond donors (Lipinski definition) is 1. The van der Waals surface area contributed by atoms with E-state index in [4.69, 9.17) is 12.2 Å². The summed E-state index contributed by atoms with van der Waals surface area (Å²) < 4.78 is 30.6. The minimum Gasteiger partial charge on any atom is -0.867 e. The molecule has 0 spiro atoms. The lowest BCUT2D eigenvalue weighted by Gasteiger charge is -2.17. The fourth-order valence-corrected chi connectivity index (χ4v) is 2.84. The summed E-state index contributed by atoms with van der Waals surface area (Å²) in [5.74, 6) is -0.376. The highest BCUT2D eigenvalue weighted by Crippen LogP contribution is 2.21. The number of hydrogen-bond acceptors (Lipinski definition) is 3. The van der Waals surface area contributed by atoms with Crippen molar-refractivity contribution in [1.29, 1.82) is 0 Å². The number of halogens is 2.